The summed E-state index contributed by atoms with van der Waals surface area (Å²) in [5.41, 5.74) is 2.40. The van der Waals surface area contributed by atoms with Crippen molar-refractivity contribution in [3.63, 3.8) is 0 Å². The van der Waals surface area contributed by atoms with Crippen molar-refractivity contribution in [2.24, 2.45) is 5.92 Å². The van der Waals surface area contributed by atoms with Gasteiger partial charge in [0.15, 0.2) is 0 Å². The molecule has 1 spiro atoms. The Labute approximate surface area is 178 Å². The highest BCUT2D eigenvalue weighted by Crippen LogP contribution is 2.37. The first kappa shape index (κ1) is 21.0. The second-order valence-electron chi connectivity index (χ2n) is 8.93. The van der Waals surface area contributed by atoms with E-state index in [4.69, 9.17) is 9.26 Å². The lowest BCUT2D eigenvalue weighted by Gasteiger charge is -2.53. The molecule has 30 heavy (non-hydrogen) atoms. The summed E-state index contributed by atoms with van der Waals surface area (Å²) in [4.78, 5) is 21.4. The van der Waals surface area contributed by atoms with E-state index in [0.717, 1.165) is 45.4 Å². The van der Waals surface area contributed by atoms with Crippen LogP contribution in [-0.2, 0) is 17.7 Å². The van der Waals surface area contributed by atoms with Crippen LogP contribution in [0, 0.1) is 12.8 Å². The summed E-state index contributed by atoms with van der Waals surface area (Å²) in [5.74, 6) is 1.27. The monoisotopic (exact) mass is 412 g/mol. The van der Waals surface area contributed by atoms with E-state index in [2.05, 4.69) is 35.1 Å². The summed E-state index contributed by atoms with van der Waals surface area (Å²) >= 11 is 0. The van der Waals surface area contributed by atoms with Gasteiger partial charge in [-0.05, 0) is 50.8 Å². The zero-order valence-electron chi connectivity index (χ0n) is 18.3. The molecule has 4 rings (SSSR count). The lowest BCUT2D eigenvalue weighted by molar-refractivity contribution is -0.168. The number of aromatic nitrogens is 2. The van der Waals surface area contributed by atoms with Gasteiger partial charge in [0.25, 0.3) is 5.91 Å². The number of ether oxygens (including phenoxy) is 1. The Kier molecular flexibility index (Phi) is 6.20. The molecular formula is C23H32N4O3. The van der Waals surface area contributed by atoms with Gasteiger partial charge in [-0.3, -0.25) is 9.78 Å². The van der Waals surface area contributed by atoms with E-state index in [-0.39, 0.29) is 11.5 Å². The second kappa shape index (κ2) is 8.86. The molecule has 2 saturated heterocycles. The van der Waals surface area contributed by atoms with E-state index < -0.39 is 0 Å². The van der Waals surface area contributed by atoms with Crippen LogP contribution in [0.3, 0.4) is 0 Å². The minimum atomic E-state index is -0.163. The van der Waals surface area contributed by atoms with Gasteiger partial charge in [0, 0.05) is 31.9 Å². The van der Waals surface area contributed by atoms with E-state index in [1.54, 1.807) is 6.20 Å². The van der Waals surface area contributed by atoms with Crippen LogP contribution in [0.15, 0.2) is 29.0 Å². The molecule has 1 unspecified atom stereocenters. The van der Waals surface area contributed by atoms with Gasteiger partial charge in [0.2, 0.25) is 0 Å². The fraction of sp³-hybridized carbons (Fsp3) is 0.609. The predicted octanol–water partition coefficient (Wildman–Crippen LogP) is 3.08. The Bertz CT molecular complexity index is 851. The fourth-order valence-corrected chi connectivity index (χ4v) is 4.66. The van der Waals surface area contributed by atoms with E-state index in [1.165, 1.54) is 5.56 Å². The van der Waals surface area contributed by atoms with E-state index in [1.807, 2.05) is 24.1 Å². The van der Waals surface area contributed by atoms with Gasteiger partial charge in [0.05, 0.1) is 25.4 Å². The molecule has 162 valence electrons. The Morgan fingerprint density at radius 3 is 2.90 bits per heavy atom. The van der Waals surface area contributed by atoms with E-state index in [9.17, 15) is 4.79 Å². The van der Waals surface area contributed by atoms with Crippen LogP contribution in [-0.4, -0.2) is 64.7 Å². The fourth-order valence-electron chi connectivity index (χ4n) is 4.66. The summed E-state index contributed by atoms with van der Waals surface area (Å²) < 4.78 is 11.7. The molecule has 0 N–H and O–H groups in total. The Morgan fingerprint density at radius 2 is 2.23 bits per heavy atom. The zero-order valence-corrected chi connectivity index (χ0v) is 18.3. The third kappa shape index (κ3) is 4.42. The Morgan fingerprint density at radius 1 is 1.40 bits per heavy atom. The number of carbonyl (C=O) groups excluding carboxylic acids is 1. The molecule has 7 nitrogen and oxygen atoms in total. The predicted molar refractivity (Wildman–Crippen MR) is 113 cm³/mol. The van der Waals surface area contributed by atoms with Crippen molar-refractivity contribution in [2.45, 2.75) is 51.7 Å². The van der Waals surface area contributed by atoms with Gasteiger partial charge in [-0.15, -0.1) is 0 Å². The number of carbonyl (C=O) groups is 1. The molecule has 7 heteroatoms. The van der Waals surface area contributed by atoms with Crippen LogP contribution in [0.5, 0.6) is 0 Å². The van der Waals surface area contributed by atoms with Crippen LogP contribution in [0.1, 0.15) is 53.6 Å². The summed E-state index contributed by atoms with van der Waals surface area (Å²) in [5, 5.41) is 4.01. The molecule has 2 aliphatic heterocycles. The molecule has 1 amide bonds. The standard InChI is InChI=1S/C23H32N4O3/c1-4-6-20-21(17(2)25-30-20)22(28)27-15-23(16-27)9-8-19(14-29-23)13-26(3)12-18-7-5-10-24-11-18/h5,7,10-11,19H,4,6,8-9,12-16H2,1-3H3. The molecule has 4 heterocycles. The summed E-state index contributed by atoms with van der Waals surface area (Å²) in [6.45, 7) is 7.91. The number of pyridine rings is 1. The highest BCUT2D eigenvalue weighted by atomic mass is 16.5. The summed E-state index contributed by atoms with van der Waals surface area (Å²) in [6, 6.07) is 4.09. The van der Waals surface area contributed by atoms with Crippen molar-refractivity contribution < 1.29 is 14.1 Å². The third-order valence-corrected chi connectivity index (χ3v) is 6.25. The van der Waals surface area contributed by atoms with Crippen LogP contribution >= 0.6 is 0 Å². The third-order valence-electron chi connectivity index (χ3n) is 6.25. The molecule has 0 bridgehead atoms. The molecule has 0 aliphatic carbocycles. The number of nitrogens with zero attached hydrogens (tertiary/aromatic N) is 4. The van der Waals surface area contributed by atoms with Crippen molar-refractivity contribution in [1.29, 1.82) is 0 Å². The van der Waals surface area contributed by atoms with Crippen LogP contribution in [0.25, 0.3) is 0 Å². The molecular weight excluding hydrogens is 380 g/mol. The van der Waals surface area contributed by atoms with Gasteiger partial charge in [-0.1, -0.05) is 18.1 Å². The maximum absolute atomic E-state index is 13.0. The number of aryl methyl sites for hydroxylation is 2. The number of hydrogen-bond donors (Lipinski definition) is 0. The normalized spacial score (nSPS) is 20.5. The van der Waals surface area contributed by atoms with Gasteiger partial charge in [-0.25, -0.2) is 0 Å². The van der Waals surface area contributed by atoms with Crippen LogP contribution < -0.4 is 0 Å². The Balaban J connectivity index is 1.25. The van der Waals surface area contributed by atoms with Crippen molar-refractivity contribution in [3.05, 3.63) is 47.1 Å². The first-order chi connectivity index (χ1) is 14.5. The molecule has 0 aromatic carbocycles. The molecule has 0 radical (unpaired) electrons. The minimum Gasteiger partial charge on any atom is -0.371 e. The first-order valence-electron chi connectivity index (χ1n) is 11.0. The maximum Gasteiger partial charge on any atom is 0.259 e. The second-order valence-corrected chi connectivity index (χ2v) is 8.93. The molecule has 2 aromatic heterocycles. The Hall–Kier alpha value is -2.25. The molecule has 2 fully saturated rings. The van der Waals surface area contributed by atoms with Crippen LogP contribution in [0.4, 0.5) is 0 Å². The zero-order chi connectivity index (χ0) is 21.1. The average molecular weight is 413 g/mol. The molecule has 0 saturated carbocycles. The number of rotatable bonds is 7. The molecule has 2 aliphatic rings. The molecule has 1 atom stereocenters. The van der Waals surface area contributed by atoms with Gasteiger partial charge >= 0.3 is 0 Å². The van der Waals surface area contributed by atoms with E-state index in [0.29, 0.717) is 36.0 Å². The van der Waals surface area contributed by atoms with Crippen molar-refractivity contribution >= 4 is 5.91 Å². The lowest BCUT2D eigenvalue weighted by atomic mass is 9.82. The van der Waals surface area contributed by atoms with E-state index >= 15 is 0 Å². The van der Waals surface area contributed by atoms with Crippen LogP contribution in [0.2, 0.25) is 0 Å². The van der Waals surface area contributed by atoms with Crippen molar-refractivity contribution in [1.82, 2.24) is 19.9 Å². The molecule has 2 aromatic rings. The summed E-state index contributed by atoms with van der Waals surface area (Å²) in [7, 11) is 2.15. The SMILES string of the molecule is CCCc1onc(C)c1C(=O)N1CC2(CCC(CN(C)Cc3cccnc3)CO2)C1. The smallest absolute Gasteiger partial charge is 0.259 e. The lowest BCUT2D eigenvalue weighted by Crippen LogP contribution is -2.66. The number of likely N-dealkylation sites (tertiary alicyclic amines) is 1. The number of amides is 1. The topological polar surface area (TPSA) is 71.7 Å². The van der Waals surface area contributed by atoms with Gasteiger partial charge in [0.1, 0.15) is 16.9 Å². The average Bonchev–Trinajstić information content (AvgIpc) is 3.07. The quantitative estimate of drug-likeness (QED) is 0.696. The number of hydrogen-bond acceptors (Lipinski definition) is 6. The largest absolute Gasteiger partial charge is 0.371 e. The van der Waals surface area contributed by atoms with Gasteiger partial charge < -0.3 is 19.1 Å². The summed E-state index contributed by atoms with van der Waals surface area (Å²) in [6.07, 6.45) is 7.54. The van der Waals surface area contributed by atoms with Crippen molar-refractivity contribution in [3.8, 4) is 0 Å². The minimum absolute atomic E-state index is 0.0322. The van der Waals surface area contributed by atoms with Crippen molar-refractivity contribution in [2.75, 3.05) is 33.3 Å². The van der Waals surface area contributed by atoms with Gasteiger partial charge in [-0.2, -0.15) is 0 Å². The highest BCUT2D eigenvalue weighted by molar-refractivity contribution is 5.96. The first-order valence-corrected chi connectivity index (χ1v) is 11.0. The highest BCUT2D eigenvalue weighted by Gasteiger charge is 2.49. The maximum atomic E-state index is 13.0.